The van der Waals surface area contributed by atoms with Gasteiger partial charge < -0.3 is 14.6 Å². The third-order valence-electron chi connectivity index (χ3n) is 3.72. The van der Waals surface area contributed by atoms with Crippen LogP contribution in [0.25, 0.3) is 0 Å². The summed E-state index contributed by atoms with van der Waals surface area (Å²) >= 11 is 0. The van der Waals surface area contributed by atoms with Crippen LogP contribution in [0.5, 0.6) is 5.75 Å². The molecule has 1 rings (SSSR count). The second-order valence-electron chi connectivity index (χ2n) is 7.64. The molecule has 1 aromatic rings. The van der Waals surface area contributed by atoms with Gasteiger partial charge in [-0.25, -0.2) is 0 Å². The summed E-state index contributed by atoms with van der Waals surface area (Å²) in [7, 11) is 3.35. The van der Waals surface area contributed by atoms with Crippen LogP contribution < -0.4 is 0 Å². The van der Waals surface area contributed by atoms with E-state index in [1.807, 2.05) is 12.1 Å². The predicted octanol–water partition coefficient (Wildman–Crippen LogP) is 4.32. The highest BCUT2D eigenvalue weighted by Crippen LogP contribution is 2.41. The van der Waals surface area contributed by atoms with Crippen molar-refractivity contribution in [1.29, 1.82) is 0 Å². The highest BCUT2D eigenvalue weighted by molar-refractivity contribution is 5.50. The van der Waals surface area contributed by atoms with Gasteiger partial charge in [-0.3, -0.25) is 0 Å². The van der Waals surface area contributed by atoms with Crippen LogP contribution >= 0.6 is 0 Å². The van der Waals surface area contributed by atoms with Crippen molar-refractivity contribution in [2.24, 2.45) is 0 Å². The Morgan fingerprint density at radius 3 is 1.67 bits per heavy atom. The normalized spacial score (nSPS) is 14.3. The number of ether oxygens (including phenoxy) is 2. The molecule has 1 unspecified atom stereocenters. The summed E-state index contributed by atoms with van der Waals surface area (Å²) in [6.07, 6.45) is -0.127. The van der Waals surface area contributed by atoms with Gasteiger partial charge in [0.2, 0.25) is 0 Å². The number of hydrogen-bond acceptors (Lipinski definition) is 3. The Balaban J connectivity index is 3.54. The van der Waals surface area contributed by atoms with Crippen molar-refractivity contribution in [2.45, 2.75) is 58.5 Å². The van der Waals surface area contributed by atoms with Crippen molar-refractivity contribution in [2.75, 3.05) is 20.8 Å². The summed E-state index contributed by atoms with van der Waals surface area (Å²) < 4.78 is 10.8. The third-order valence-corrected chi connectivity index (χ3v) is 3.72. The number of hydrogen-bond donors (Lipinski definition) is 1. The van der Waals surface area contributed by atoms with Gasteiger partial charge in [-0.2, -0.15) is 0 Å². The van der Waals surface area contributed by atoms with Crippen LogP contribution in [0.4, 0.5) is 0 Å². The van der Waals surface area contributed by atoms with Crippen molar-refractivity contribution < 1.29 is 14.6 Å². The van der Waals surface area contributed by atoms with Crippen molar-refractivity contribution >= 4 is 0 Å². The summed E-state index contributed by atoms with van der Waals surface area (Å²) in [5, 5.41) is 10.7. The zero-order chi connectivity index (χ0) is 16.4. The van der Waals surface area contributed by atoms with Gasteiger partial charge in [0, 0.05) is 14.2 Å². The number of aromatic hydroxyl groups is 1. The Morgan fingerprint density at radius 2 is 1.38 bits per heavy atom. The fraction of sp³-hybridized carbons (Fsp3) is 0.667. The van der Waals surface area contributed by atoms with Gasteiger partial charge in [-0.05, 0) is 39.7 Å². The molecule has 1 aromatic carbocycles. The van der Waals surface area contributed by atoms with Gasteiger partial charge in [0.25, 0.3) is 0 Å². The molecule has 1 atom stereocenters. The number of methoxy groups -OCH3 is 2. The fourth-order valence-corrected chi connectivity index (χ4v) is 2.44. The lowest BCUT2D eigenvalue weighted by Gasteiger charge is -2.29. The molecular formula is C18H30O3. The van der Waals surface area contributed by atoms with E-state index in [0.29, 0.717) is 12.4 Å². The topological polar surface area (TPSA) is 38.7 Å². The molecule has 21 heavy (non-hydrogen) atoms. The standard InChI is InChI=1S/C18H30O3/c1-17(2,3)13-9-12(15(21-8)11-20-7)10-14(16(13)19)18(4,5)6/h9-10,15,19H,11H2,1-8H3. The van der Waals surface area contributed by atoms with Crippen LogP contribution in [0.15, 0.2) is 12.1 Å². The SMILES string of the molecule is COCC(OC)c1cc(C(C)(C)C)c(O)c(C(C)(C)C)c1. The zero-order valence-electron chi connectivity index (χ0n) is 14.7. The molecule has 0 fully saturated rings. The Bertz CT molecular complexity index is 443. The van der Waals surface area contributed by atoms with Gasteiger partial charge >= 0.3 is 0 Å². The van der Waals surface area contributed by atoms with Crippen LogP contribution in [0.1, 0.15) is 64.3 Å². The second kappa shape index (κ2) is 6.37. The summed E-state index contributed by atoms with van der Waals surface area (Å²) in [5.74, 6) is 0.394. The largest absolute Gasteiger partial charge is 0.507 e. The molecule has 0 saturated heterocycles. The van der Waals surface area contributed by atoms with Crippen LogP contribution in [0, 0.1) is 0 Å². The summed E-state index contributed by atoms with van der Waals surface area (Å²) in [4.78, 5) is 0. The molecule has 0 aromatic heterocycles. The Labute approximate surface area is 129 Å². The summed E-state index contributed by atoms with van der Waals surface area (Å²) in [6, 6.07) is 4.08. The molecule has 0 radical (unpaired) electrons. The molecular weight excluding hydrogens is 264 g/mol. The molecule has 0 aliphatic heterocycles. The quantitative estimate of drug-likeness (QED) is 0.898. The van der Waals surface area contributed by atoms with Crippen molar-refractivity contribution in [1.82, 2.24) is 0 Å². The lowest BCUT2D eigenvalue weighted by molar-refractivity contribution is 0.0273. The first-order valence-corrected chi connectivity index (χ1v) is 7.42. The van der Waals surface area contributed by atoms with Crippen LogP contribution in [-0.4, -0.2) is 25.9 Å². The van der Waals surface area contributed by atoms with E-state index in [2.05, 4.69) is 41.5 Å². The Hall–Kier alpha value is -1.06. The molecule has 0 saturated carbocycles. The van der Waals surface area contributed by atoms with Gasteiger partial charge in [-0.15, -0.1) is 0 Å². The molecule has 0 bridgehead atoms. The van der Waals surface area contributed by atoms with Crippen LogP contribution in [0.3, 0.4) is 0 Å². The van der Waals surface area contributed by atoms with E-state index in [1.165, 1.54) is 0 Å². The minimum atomic E-state index is -0.133. The monoisotopic (exact) mass is 294 g/mol. The molecule has 0 aliphatic carbocycles. The first kappa shape index (κ1) is 18.0. The number of phenolic OH excluding ortho intramolecular Hbond substituents is 1. The average molecular weight is 294 g/mol. The maximum atomic E-state index is 10.7. The first-order valence-electron chi connectivity index (χ1n) is 7.42. The highest BCUT2D eigenvalue weighted by atomic mass is 16.5. The van der Waals surface area contributed by atoms with Gasteiger partial charge in [0.15, 0.2) is 0 Å². The van der Waals surface area contributed by atoms with Crippen molar-refractivity contribution in [3.8, 4) is 5.75 Å². The minimum Gasteiger partial charge on any atom is -0.507 e. The fourth-order valence-electron chi connectivity index (χ4n) is 2.44. The summed E-state index contributed by atoms with van der Waals surface area (Å²) in [5.41, 5.74) is 2.68. The van der Waals surface area contributed by atoms with Crippen molar-refractivity contribution in [3.63, 3.8) is 0 Å². The van der Waals surface area contributed by atoms with Gasteiger partial charge in [0.1, 0.15) is 11.9 Å². The van der Waals surface area contributed by atoms with Gasteiger partial charge in [-0.1, -0.05) is 41.5 Å². The van der Waals surface area contributed by atoms with E-state index in [4.69, 9.17) is 9.47 Å². The molecule has 3 nitrogen and oxygen atoms in total. The molecule has 0 amide bonds. The predicted molar refractivity (Wildman–Crippen MR) is 87.1 cm³/mol. The van der Waals surface area contributed by atoms with E-state index < -0.39 is 0 Å². The first-order chi connectivity index (χ1) is 9.52. The molecule has 0 heterocycles. The smallest absolute Gasteiger partial charge is 0.123 e. The molecule has 3 heteroatoms. The van der Waals surface area contributed by atoms with Gasteiger partial charge in [0.05, 0.1) is 6.61 Å². The zero-order valence-corrected chi connectivity index (χ0v) is 14.7. The molecule has 1 N–H and O–H groups in total. The van der Waals surface area contributed by atoms with E-state index in [9.17, 15) is 5.11 Å². The molecule has 0 aliphatic rings. The third kappa shape index (κ3) is 4.21. The van der Waals surface area contributed by atoms with Crippen LogP contribution in [0.2, 0.25) is 0 Å². The number of phenols is 1. The number of rotatable bonds is 4. The van der Waals surface area contributed by atoms with Crippen LogP contribution in [-0.2, 0) is 20.3 Å². The minimum absolute atomic E-state index is 0.127. The van der Waals surface area contributed by atoms with Crippen molar-refractivity contribution in [3.05, 3.63) is 28.8 Å². The highest BCUT2D eigenvalue weighted by Gasteiger charge is 2.28. The lowest BCUT2D eigenvalue weighted by Crippen LogP contribution is -2.19. The van der Waals surface area contributed by atoms with E-state index in [-0.39, 0.29) is 16.9 Å². The Morgan fingerprint density at radius 1 is 0.952 bits per heavy atom. The maximum Gasteiger partial charge on any atom is 0.123 e. The lowest BCUT2D eigenvalue weighted by atomic mass is 9.78. The maximum absolute atomic E-state index is 10.7. The average Bonchev–Trinajstić information content (AvgIpc) is 2.33. The second-order valence-corrected chi connectivity index (χ2v) is 7.64. The summed E-state index contributed by atoms with van der Waals surface area (Å²) in [6.45, 7) is 13.1. The Kier molecular flexibility index (Phi) is 5.46. The number of benzene rings is 1. The van der Waals surface area contributed by atoms with E-state index in [0.717, 1.165) is 16.7 Å². The molecule has 0 spiro atoms. The van der Waals surface area contributed by atoms with E-state index in [1.54, 1.807) is 14.2 Å². The van der Waals surface area contributed by atoms with E-state index >= 15 is 0 Å². The molecule has 120 valence electrons.